The molecule has 0 saturated heterocycles. The van der Waals surface area contributed by atoms with Crippen molar-refractivity contribution in [2.75, 3.05) is 20.2 Å². The molecule has 2 rings (SSSR count). The highest BCUT2D eigenvalue weighted by atomic mass is 35.5. The summed E-state index contributed by atoms with van der Waals surface area (Å²) in [5.74, 6) is 0.765. The highest BCUT2D eigenvalue weighted by molar-refractivity contribution is 6.41. The van der Waals surface area contributed by atoms with Crippen molar-refractivity contribution in [3.8, 4) is 0 Å². The number of aliphatic imine (C=N–C) groups is 1. The van der Waals surface area contributed by atoms with Crippen molar-refractivity contribution in [1.82, 2.24) is 15.2 Å². The van der Waals surface area contributed by atoms with Crippen molar-refractivity contribution >= 4 is 29.2 Å². The first kappa shape index (κ1) is 19.4. The van der Waals surface area contributed by atoms with E-state index >= 15 is 0 Å². The van der Waals surface area contributed by atoms with Crippen LogP contribution < -0.4 is 10.6 Å². The summed E-state index contributed by atoms with van der Waals surface area (Å²) in [6.45, 7) is 2.25. The zero-order chi connectivity index (χ0) is 17.4. The molecule has 0 spiro atoms. The fourth-order valence-corrected chi connectivity index (χ4v) is 3.33. The molecule has 2 N–H and O–H groups in total. The highest BCUT2D eigenvalue weighted by Gasteiger charge is 2.13. The number of guanidine groups is 1. The molecular weight excluding hydrogens is 347 g/mol. The van der Waals surface area contributed by atoms with Gasteiger partial charge in [0.15, 0.2) is 5.96 Å². The van der Waals surface area contributed by atoms with Crippen molar-refractivity contribution in [1.29, 1.82) is 0 Å². The van der Waals surface area contributed by atoms with E-state index in [9.17, 15) is 0 Å². The first-order valence-corrected chi connectivity index (χ1v) is 9.43. The van der Waals surface area contributed by atoms with E-state index in [1.54, 1.807) is 7.05 Å². The molecular formula is C17H28Cl2N4O. The molecule has 0 unspecified atom stereocenters. The van der Waals surface area contributed by atoms with Crippen LogP contribution in [0.3, 0.4) is 0 Å². The zero-order valence-electron chi connectivity index (χ0n) is 14.6. The van der Waals surface area contributed by atoms with E-state index in [1.165, 1.54) is 32.1 Å². The van der Waals surface area contributed by atoms with Gasteiger partial charge in [-0.15, -0.1) is 0 Å². The molecule has 1 aromatic heterocycles. The lowest BCUT2D eigenvalue weighted by Crippen LogP contribution is -2.38. The van der Waals surface area contributed by atoms with E-state index in [4.69, 9.17) is 27.9 Å². The van der Waals surface area contributed by atoms with Crippen LogP contribution in [0, 0.1) is 0 Å². The van der Waals surface area contributed by atoms with Crippen molar-refractivity contribution in [3.05, 3.63) is 21.9 Å². The molecule has 0 aliphatic heterocycles. The van der Waals surface area contributed by atoms with Gasteiger partial charge in [-0.25, -0.2) is 0 Å². The van der Waals surface area contributed by atoms with Gasteiger partial charge in [-0.1, -0.05) is 42.5 Å². The summed E-state index contributed by atoms with van der Waals surface area (Å²) < 4.78 is 7.79. The quantitative estimate of drug-likeness (QED) is 0.434. The minimum Gasteiger partial charge on any atom is -0.378 e. The molecule has 24 heavy (non-hydrogen) atoms. The standard InChI is InChI=1S/C17H28Cl2N4O/c1-20-17(22-12-13-11-15(18)16(19)23(13)2)21-9-6-10-24-14-7-4-3-5-8-14/h11,14H,3-10,12H2,1-2H3,(H2,20,21,22). The Morgan fingerprint density at radius 3 is 2.67 bits per heavy atom. The predicted molar refractivity (Wildman–Crippen MR) is 101 cm³/mol. The monoisotopic (exact) mass is 374 g/mol. The number of ether oxygens (including phenoxy) is 1. The molecule has 136 valence electrons. The third kappa shape index (κ3) is 5.87. The number of halogens is 2. The molecule has 1 heterocycles. The first-order valence-electron chi connectivity index (χ1n) is 8.67. The van der Waals surface area contributed by atoms with Crippen LogP contribution in [0.4, 0.5) is 0 Å². The summed E-state index contributed by atoms with van der Waals surface area (Å²) in [4.78, 5) is 4.23. The van der Waals surface area contributed by atoms with Crippen molar-refractivity contribution < 1.29 is 4.74 Å². The Labute approximate surface area is 154 Å². The predicted octanol–water partition coefficient (Wildman–Crippen LogP) is 3.74. The number of rotatable bonds is 7. The van der Waals surface area contributed by atoms with E-state index in [1.807, 2.05) is 17.7 Å². The average Bonchev–Trinajstić information content (AvgIpc) is 2.85. The Balaban J connectivity index is 1.62. The second-order valence-corrected chi connectivity index (χ2v) is 6.94. The molecule has 1 aromatic rings. The summed E-state index contributed by atoms with van der Waals surface area (Å²) >= 11 is 12.1. The van der Waals surface area contributed by atoms with Crippen LogP contribution in [0.1, 0.15) is 44.2 Å². The van der Waals surface area contributed by atoms with Crippen LogP contribution >= 0.6 is 23.2 Å². The average molecular weight is 375 g/mol. The van der Waals surface area contributed by atoms with Crippen LogP contribution in [-0.4, -0.2) is 36.8 Å². The maximum atomic E-state index is 6.07. The summed E-state index contributed by atoms with van der Waals surface area (Å²) in [5.41, 5.74) is 1.01. The van der Waals surface area contributed by atoms with Crippen molar-refractivity contribution in [2.45, 2.75) is 51.2 Å². The fraction of sp³-hybridized carbons (Fsp3) is 0.706. The lowest BCUT2D eigenvalue weighted by atomic mass is 9.98. The molecule has 0 radical (unpaired) electrons. The Morgan fingerprint density at radius 2 is 2.04 bits per heavy atom. The van der Waals surface area contributed by atoms with Crippen molar-refractivity contribution in [2.24, 2.45) is 12.0 Å². The largest absolute Gasteiger partial charge is 0.378 e. The normalized spacial score (nSPS) is 16.4. The molecule has 7 heteroatoms. The van der Waals surface area contributed by atoms with Gasteiger partial charge in [0, 0.05) is 32.9 Å². The second kappa shape index (κ2) is 10.2. The van der Waals surface area contributed by atoms with E-state index in [0.29, 0.717) is 22.8 Å². The SMILES string of the molecule is CN=C(NCCCOC1CCCCC1)NCc1cc(Cl)c(Cl)n1C. The molecule has 0 bridgehead atoms. The van der Waals surface area contributed by atoms with E-state index in [2.05, 4.69) is 15.6 Å². The minimum absolute atomic E-state index is 0.475. The van der Waals surface area contributed by atoms with E-state index < -0.39 is 0 Å². The summed E-state index contributed by atoms with van der Waals surface area (Å²) in [7, 11) is 3.66. The molecule has 0 amide bonds. The molecule has 1 fully saturated rings. The Bertz CT molecular complexity index is 539. The third-order valence-corrected chi connectivity index (χ3v) is 5.24. The number of hydrogen-bond acceptors (Lipinski definition) is 2. The van der Waals surface area contributed by atoms with E-state index in [-0.39, 0.29) is 0 Å². The van der Waals surface area contributed by atoms with Gasteiger partial charge < -0.3 is 19.9 Å². The highest BCUT2D eigenvalue weighted by Crippen LogP contribution is 2.24. The van der Waals surface area contributed by atoms with Gasteiger partial charge in [-0.3, -0.25) is 4.99 Å². The first-order chi connectivity index (χ1) is 11.6. The number of nitrogens with one attached hydrogen (secondary N) is 2. The number of nitrogens with zero attached hydrogens (tertiary/aromatic N) is 2. The molecule has 1 aliphatic rings. The van der Waals surface area contributed by atoms with Gasteiger partial charge in [0.05, 0.1) is 17.7 Å². The lowest BCUT2D eigenvalue weighted by molar-refractivity contribution is 0.0277. The number of aromatic nitrogens is 1. The Hall–Kier alpha value is -0.910. The van der Waals surface area contributed by atoms with Gasteiger partial charge in [0.2, 0.25) is 0 Å². The summed E-state index contributed by atoms with van der Waals surface area (Å²) in [5, 5.41) is 7.69. The Morgan fingerprint density at radius 1 is 1.29 bits per heavy atom. The number of hydrogen-bond donors (Lipinski definition) is 2. The zero-order valence-corrected chi connectivity index (χ0v) is 16.1. The van der Waals surface area contributed by atoms with Gasteiger partial charge in [-0.05, 0) is 25.3 Å². The fourth-order valence-electron chi connectivity index (χ4n) is 2.91. The molecule has 5 nitrogen and oxygen atoms in total. The summed E-state index contributed by atoms with van der Waals surface area (Å²) in [6, 6.07) is 1.86. The third-order valence-electron chi connectivity index (χ3n) is 4.40. The second-order valence-electron chi connectivity index (χ2n) is 6.17. The summed E-state index contributed by atoms with van der Waals surface area (Å²) in [6.07, 6.45) is 7.87. The van der Waals surface area contributed by atoms with Gasteiger partial charge in [-0.2, -0.15) is 0 Å². The molecule has 1 saturated carbocycles. The van der Waals surface area contributed by atoms with Crippen LogP contribution in [0.5, 0.6) is 0 Å². The van der Waals surface area contributed by atoms with Crippen LogP contribution in [0.2, 0.25) is 10.2 Å². The maximum absolute atomic E-state index is 6.07. The minimum atomic E-state index is 0.475. The van der Waals surface area contributed by atoms with Gasteiger partial charge in [0.25, 0.3) is 0 Å². The smallest absolute Gasteiger partial charge is 0.191 e. The van der Waals surface area contributed by atoms with Crippen LogP contribution in [0.25, 0.3) is 0 Å². The van der Waals surface area contributed by atoms with Gasteiger partial charge >= 0.3 is 0 Å². The van der Waals surface area contributed by atoms with Gasteiger partial charge in [0.1, 0.15) is 5.15 Å². The van der Waals surface area contributed by atoms with Crippen molar-refractivity contribution in [3.63, 3.8) is 0 Å². The molecule has 0 atom stereocenters. The maximum Gasteiger partial charge on any atom is 0.191 e. The molecule has 0 aromatic carbocycles. The van der Waals surface area contributed by atoms with Crippen LogP contribution in [-0.2, 0) is 18.3 Å². The molecule has 1 aliphatic carbocycles. The lowest BCUT2D eigenvalue weighted by Gasteiger charge is -2.22. The Kier molecular flexibility index (Phi) is 8.22. The van der Waals surface area contributed by atoms with Crippen LogP contribution in [0.15, 0.2) is 11.1 Å². The topological polar surface area (TPSA) is 50.6 Å². The van der Waals surface area contributed by atoms with E-state index in [0.717, 1.165) is 31.2 Å².